The second-order valence-corrected chi connectivity index (χ2v) is 8.77. The number of alkyl halides is 2. The Labute approximate surface area is 149 Å². The van der Waals surface area contributed by atoms with E-state index in [9.17, 15) is 18.0 Å². The average Bonchev–Trinajstić information content (AvgIpc) is 3.51. The van der Waals surface area contributed by atoms with Gasteiger partial charge in [0.15, 0.2) is 0 Å². The van der Waals surface area contributed by atoms with Crippen molar-refractivity contribution in [1.29, 1.82) is 0 Å². The number of ether oxygens (including phenoxy) is 1. The van der Waals surface area contributed by atoms with Crippen molar-refractivity contribution >= 4 is 5.97 Å². The summed E-state index contributed by atoms with van der Waals surface area (Å²) in [5, 5.41) is 3.47. The maximum Gasteiger partial charge on any atom is 0.310 e. The highest BCUT2D eigenvalue weighted by molar-refractivity contribution is 5.75. The first-order valence-electron chi connectivity index (χ1n) is 9.40. The number of methoxy groups -OCH3 is 1. The zero-order valence-corrected chi connectivity index (χ0v) is 14.2. The third-order valence-corrected chi connectivity index (χ3v) is 8.08. The fourth-order valence-electron chi connectivity index (χ4n) is 7.44. The SMILES string of the molecule is COC(=O)[C@@H]1C2C3C4C(C5C2C5C(F)(F)C34)[C@@H]1NCc1ccc(F)cc1. The Morgan fingerprint density at radius 3 is 2.19 bits per heavy atom. The van der Waals surface area contributed by atoms with Crippen LogP contribution in [-0.4, -0.2) is 25.0 Å². The molecule has 7 saturated carbocycles. The van der Waals surface area contributed by atoms with Crippen LogP contribution in [-0.2, 0) is 16.1 Å². The molecule has 138 valence electrons. The largest absolute Gasteiger partial charge is 0.469 e. The lowest BCUT2D eigenvalue weighted by Gasteiger charge is -2.46. The van der Waals surface area contributed by atoms with Crippen LogP contribution >= 0.6 is 0 Å². The topological polar surface area (TPSA) is 38.3 Å². The summed E-state index contributed by atoms with van der Waals surface area (Å²) < 4.78 is 47.3. The van der Waals surface area contributed by atoms with Crippen LogP contribution in [0.1, 0.15) is 5.56 Å². The first-order chi connectivity index (χ1) is 12.5. The molecule has 1 aromatic carbocycles. The molecule has 7 fully saturated rings. The third-order valence-electron chi connectivity index (χ3n) is 8.08. The highest BCUT2D eigenvalue weighted by Crippen LogP contribution is 2.89. The van der Waals surface area contributed by atoms with Gasteiger partial charge in [-0.25, -0.2) is 13.2 Å². The van der Waals surface area contributed by atoms with E-state index in [2.05, 4.69) is 5.32 Å². The fraction of sp³-hybridized carbons (Fsp3) is 0.650. The lowest BCUT2D eigenvalue weighted by atomic mass is 9.61. The van der Waals surface area contributed by atoms with Gasteiger partial charge >= 0.3 is 5.97 Å². The van der Waals surface area contributed by atoms with Crippen LogP contribution in [0.15, 0.2) is 24.3 Å². The van der Waals surface area contributed by atoms with E-state index in [1.807, 2.05) is 0 Å². The van der Waals surface area contributed by atoms with Crippen LogP contribution in [0.2, 0.25) is 0 Å². The van der Waals surface area contributed by atoms with E-state index in [0.717, 1.165) is 5.56 Å². The van der Waals surface area contributed by atoms with Gasteiger partial charge < -0.3 is 10.1 Å². The quantitative estimate of drug-likeness (QED) is 0.836. The van der Waals surface area contributed by atoms with Crippen LogP contribution in [0.5, 0.6) is 0 Å². The molecule has 6 unspecified atom stereocenters. The first-order valence-corrected chi connectivity index (χ1v) is 9.40. The lowest BCUT2D eigenvalue weighted by molar-refractivity contribution is -0.155. The van der Waals surface area contributed by atoms with Gasteiger partial charge in [0.1, 0.15) is 5.82 Å². The van der Waals surface area contributed by atoms with Crippen molar-refractivity contribution in [2.45, 2.75) is 18.5 Å². The van der Waals surface area contributed by atoms with Gasteiger partial charge in [0.2, 0.25) is 0 Å². The van der Waals surface area contributed by atoms with Crippen molar-refractivity contribution in [1.82, 2.24) is 5.32 Å². The van der Waals surface area contributed by atoms with E-state index in [4.69, 9.17) is 4.74 Å². The molecular formula is C20H20F3NO2. The zero-order chi connectivity index (χ0) is 18.0. The molecule has 1 N–H and O–H groups in total. The number of fused-ring (bicyclic) bond motifs is 1. The van der Waals surface area contributed by atoms with Crippen LogP contribution in [0, 0.1) is 59.1 Å². The lowest BCUT2D eigenvalue weighted by Crippen LogP contribution is -2.57. The highest BCUT2D eigenvalue weighted by Gasteiger charge is 2.93. The Hall–Kier alpha value is -1.56. The maximum absolute atomic E-state index is 14.6. The van der Waals surface area contributed by atoms with E-state index in [-0.39, 0.29) is 59.3 Å². The molecule has 6 heteroatoms. The summed E-state index contributed by atoms with van der Waals surface area (Å²) >= 11 is 0. The molecule has 0 amide bonds. The minimum Gasteiger partial charge on any atom is -0.469 e. The summed E-state index contributed by atoms with van der Waals surface area (Å²) in [5.74, 6) is -4.17. The van der Waals surface area contributed by atoms with Gasteiger partial charge in [-0.3, -0.25) is 4.79 Å². The van der Waals surface area contributed by atoms with Crippen molar-refractivity contribution in [3.63, 3.8) is 0 Å². The molecule has 7 aliphatic carbocycles. The van der Waals surface area contributed by atoms with Crippen LogP contribution in [0.25, 0.3) is 0 Å². The fourth-order valence-corrected chi connectivity index (χ4v) is 7.44. The normalized spacial score (nSPS) is 50.3. The molecule has 3 nitrogen and oxygen atoms in total. The van der Waals surface area contributed by atoms with Gasteiger partial charge in [0.05, 0.1) is 13.0 Å². The monoisotopic (exact) mass is 363 g/mol. The number of hydrogen-bond donors (Lipinski definition) is 1. The Balaban J connectivity index is 1.31. The molecule has 1 aromatic rings. The van der Waals surface area contributed by atoms with Gasteiger partial charge in [0, 0.05) is 24.4 Å². The van der Waals surface area contributed by atoms with E-state index < -0.39 is 17.8 Å². The predicted octanol–water partition coefficient (Wildman–Crippen LogP) is 2.71. The van der Waals surface area contributed by atoms with E-state index in [0.29, 0.717) is 6.54 Å². The standard InChI is InChI=1S/C20H20F3NO2/c1-26-19(25)15-9-10-12-14(13-11(9)17(13)20(22,23)16(10)12)18(15)24-6-7-2-4-8(21)5-3-7/h2-5,9-18,24H,6H2,1H3/t9?,10?,11?,12?,13?,14?,15-,16?,17?,18+/m1/s1. The van der Waals surface area contributed by atoms with Crippen LogP contribution in [0.3, 0.4) is 0 Å². The molecule has 7 aliphatic rings. The minimum absolute atomic E-state index is 0.00275. The molecule has 8 atom stereocenters. The molecule has 0 radical (unpaired) electrons. The number of halogens is 3. The maximum atomic E-state index is 14.6. The summed E-state index contributed by atoms with van der Waals surface area (Å²) in [7, 11) is 1.38. The Kier molecular flexibility index (Phi) is 2.76. The van der Waals surface area contributed by atoms with Gasteiger partial charge in [0.25, 0.3) is 5.92 Å². The number of nitrogens with one attached hydrogen (secondary N) is 1. The Morgan fingerprint density at radius 1 is 1.04 bits per heavy atom. The van der Waals surface area contributed by atoms with Crippen molar-refractivity contribution < 1.29 is 22.7 Å². The molecule has 8 rings (SSSR count). The smallest absolute Gasteiger partial charge is 0.310 e. The van der Waals surface area contributed by atoms with Gasteiger partial charge in [-0.1, -0.05) is 12.1 Å². The number of benzene rings is 1. The average molecular weight is 363 g/mol. The second-order valence-electron chi connectivity index (χ2n) is 8.77. The summed E-state index contributed by atoms with van der Waals surface area (Å²) in [5.41, 5.74) is 0.923. The summed E-state index contributed by atoms with van der Waals surface area (Å²) in [6.45, 7) is 0.502. The zero-order valence-electron chi connectivity index (χ0n) is 14.2. The molecule has 0 aromatic heterocycles. The second kappa shape index (κ2) is 4.64. The van der Waals surface area contributed by atoms with Crippen LogP contribution < -0.4 is 5.32 Å². The number of carbonyl (C=O) groups excluding carboxylic acids is 1. The van der Waals surface area contributed by atoms with Crippen molar-refractivity contribution in [2.24, 2.45) is 53.3 Å². The van der Waals surface area contributed by atoms with E-state index in [1.54, 1.807) is 12.1 Å². The summed E-state index contributed by atoms with van der Waals surface area (Å²) in [6.07, 6.45) is 0. The third kappa shape index (κ3) is 1.63. The highest BCUT2D eigenvalue weighted by atomic mass is 19.3. The molecule has 0 heterocycles. The van der Waals surface area contributed by atoms with Gasteiger partial charge in [-0.05, 0) is 53.2 Å². The van der Waals surface area contributed by atoms with Crippen molar-refractivity contribution in [3.05, 3.63) is 35.6 Å². The summed E-state index contributed by atoms with van der Waals surface area (Å²) in [4.78, 5) is 12.5. The number of hydrogen-bond acceptors (Lipinski definition) is 3. The van der Waals surface area contributed by atoms with Gasteiger partial charge in [-0.15, -0.1) is 0 Å². The molecule has 0 spiro atoms. The number of esters is 1. The molecule has 0 aliphatic heterocycles. The predicted molar refractivity (Wildman–Crippen MR) is 85.4 cm³/mol. The minimum atomic E-state index is -2.54. The molecule has 8 bridgehead atoms. The Morgan fingerprint density at radius 2 is 1.62 bits per heavy atom. The molecular weight excluding hydrogens is 343 g/mol. The molecule has 26 heavy (non-hydrogen) atoms. The van der Waals surface area contributed by atoms with Crippen molar-refractivity contribution in [2.75, 3.05) is 7.11 Å². The van der Waals surface area contributed by atoms with Crippen LogP contribution in [0.4, 0.5) is 13.2 Å². The Bertz CT molecular complexity index is 771. The molecule has 0 saturated heterocycles. The first kappa shape index (κ1) is 15.5. The van der Waals surface area contributed by atoms with Crippen molar-refractivity contribution in [3.8, 4) is 0 Å². The van der Waals surface area contributed by atoms with E-state index >= 15 is 0 Å². The number of carbonyl (C=O) groups is 1. The summed E-state index contributed by atoms with van der Waals surface area (Å²) in [6, 6.07) is 6.12. The van der Waals surface area contributed by atoms with Gasteiger partial charge in [-0.2, -0.15) is 0 Å². The van der Waals surface area contributed by atoms with E-state index in [1.165, 1.54) is 19.2 Å². The number of rotatable bonds is 4.